The van der Waals surface area contributed by atoms with Crippen LogP contribution >= 0.6 is 0 Å². The van der Waals surface area contributed by atoms with Gasteiger partial charge in [-0.05, 0) is 55.8 Å². The Hall–Kier alpha value is -4.87. The molecule has 0 bridgehead atoms. The topological polar surface area (TPSA) is 163 Å². The number of anilines is 1. The number of nitrogens with zero attached hydrogens (tertiary/aromatic N) is 3. The fourth-order valence-electron chi connectivity index (χ4n) is 6.39. The number of rotatable bonds is 9. The van der Waals surface area contributed by atoms with E-state index in [2.05, 4.69) is 4.74 Å². The molecular weight excluding hydrogens is 675 g/mol. The average molecular weight is 708 g/mol. The van der Waals surface area contributed by atoms with Crippen LogP contribution in [0.4, 0.5) is 18.9 Å². The van der Waals surface area contributed by atoms with E-state index in [1.54, 1.807) is 13.0 Å². The molecule has 0 aromatic heterocycles. The smallest absolute Gasteiger partial charge is 0.497 e. The number of methoxy groups -OCH3 is 2. The molecule has 3 atom stereocenters. The maximum Gasteiger partial charge on any atom is 0.573 e. The Labute approximate surface area is 279 Å². The number of carbonyl (C=O) groups is 3. The summed E-state index contributed by atoms with van der Waals surface area (Å²) in [5.74, 6) is -4.66. The number of carbonyl (C=O) groups excluding carboxylic acids is 2. The van der Waals surface area contributed by atoms with E-state index < -0.39 is 68.2 Å². The zero-order valence-electron chi connectivity index (χ0n) is 26.8. The number of hydrogen-bond acceptors (Lipinski definition) is 10. The number of hydrogen-bond donors (Lipinski definition) is 2. The Kier molecular flexibility index (Phi) is 9.07. The van der Waals surface area contributed by atoms with Crippen LogP contribution in [0.5, 0.6) is 17.2 Å². The number of likely N-dealkylation sites (tertiary alicyclic amines) is 1. The number of alkyl halides is 3. The minimum absolute atomic E-state index is 0.00589. The lowest BCUT2D eigenvalue weighted by Crippen LogP contribution is -2.59. The van der Waals surface area contributed by atoms with Crippen molar-refractivity contribution in [2.75, 3.05) is 39.2 Å². The van der Waals surface area contributed by atoms with Gasteiger partial charge >= 0.3 is 12.3 Å². The van der Waals surface area contributed by atoms with Gasteiger partial charge in [0, 0.05) is 37.8 Å². The van der Waals surface area contributed by atoms with Crippen molar-refractivity contribution in [2.24, 2.45) is 0 Å². The number of aromatic carboxylic acids is 1. The molecule has 2 N–H and O–H groups in total. The van der Waals surface area contributed by atoms with E-state index >= 15 is 4.79 Å². The first-order valence-corrected chi connectivity index (χ1v) is 16.0. The molecule has 0 saturated carbocycles. The number of β-amino-alcohol motifs (C(OH)–C–C–N with tert-alkyl or cyclic N) is 1. The van der Waals surface area contributed by atoms with E-state index in [0.717, 1.165) is 37.4 Å². The highest BCUT2D eigenvalue weighted by Crippen LogP contribution is 2.55. The third kappa shape index (κ3) is 5.91. The van der Waals surface area contributed by atoms with E-state index in [1.807, 2.05) is 0 Å². The summed E-state index contributed by atoms with van der Waals surface area (Å²) in [6, 6.07) is 9.04. The van der Waals surface area contributed by atoms with Gasteiger partial charge in [0.05, 0.1) is 37.6 Å². The Morgan fingerprint density at radius 1 is 0.980 bits per heavy atom. The summed E-state index contributed by atoms with van der Waals surface area (Å²) in [6.07, 6.45) is -6.76. The zero-order chi connectivity index (χ0) is 36.2. The molecule has 1 unspecified atom stereocenters. The maximum absolute atomic E-state index is 15.3. The lowest BCUT2D eigenvalue weighted by atomic mass is 9.79. The highest BCUT2D eigenvalue weighted by Gasteiger charge is 2.64. The third-order valence-corrected chi connectivity index (χ3v) is 10.2. The molecule has 0 radical (unpaired) electrons. The van der Waals surface area contributed by atoms with Crippen molar-refractivity contribution in [1.29, 1.82) is 0 Å². The van der Waals surface area contributed by atoms with Crippen molar-refractivity contribution in [1.82, 2.24) is 9.80 Å². The molecule has 0 spiro atoms. The van der Waals surface area contributed by atoms with Crippen LogP contribution in [-0.2, 0) is 25.2 Å². The second-order valence-electron chi connectivity index (χ2n) is 11.7. The van der Waals surface area contributed by atoms with E-state index in [-0.39, 0.29) is 45.5 Å². The molecule has 262 valence electrons. The van der Waals surface area contributed by atoms with Crippen LogP contribution in [0, 0.1) is 6.92 Å². The summed E-state index contributed by atoms with van der Waals surface area (Å²) >= 11 is 0. The molecule has 3 aromatic carbocycles. The maximum atomic E-state index is 15.3. The third-order valence-electron chi connectivity index (χ3n) is 8.42. The second kappa shape index (κ2) is 12.5. The number of fused-ring (bicyclic) bond motifs is 1. The van der Waals surface area contributed by atoms with Crippen LogP contribution in [-0.4, -0.2) is 99.6 Å². The minimum Gasteiger partial charge on any atom is -0.497 e. The lowest BCUT2D eigenvalue weighted by molar-refractivity contribution is -0.275. The minimum atomic E-state index is -5.36. The monoisotopic (exact) mass is 707 g/mol. The molecule has 1 saturated heterocycles. The highest BCUT2D eigenvalue weighted by molar-refractivity contribution is 7.93. The summed E-state index contributed by atoms with van der Waals surface area (Å²) in [4.78, 5) is 42.7. The quantitative estimate of drug-likeness (QED) is 0.336. The van der Waals surface area contributed by atoms with E-state index in [4.69, 9.17) is 9.47 Å². The van der Waals surface area contributed by atoms with Crippen LogP contribution < -0.4 is 18.5 Å². The van der Waals surface area contributed by atoms with Crippen LogP contribution in [0.25, 0.3) is 0 Å². The number of aryl methyl sites for hydroxylation is 1. The Balaban J connectivity index is 1.91. The van der Waals surface area contributed by atoms with Gasteiger partial charge in [0.1, 0.15) is 16.4 Å². The van der Waals surface area contributed by atoms with Gasteiger partial charge < -0.3 is 29.3 Å². The van der Waals surface area contributed by atoms with E-state index in [1.165, 1.54) is 43.1 Å². The Bertz CT molecular complexity index is 1950. The van der Waals surface area contributed by atoms with Crippen molar-refractivity contribution >= 4 is 33.5 Å². The van der Waals surface area contributed by atoms with Crippen molar-refractivity contribution in [3.8, 4) is 17.2 Å². The van der Waals surface area contributed by atoms with Gasteiger partial charge in [0.15, 0.2) is 11.3 Å². The van der Waals surface area contributed by atoms with Crippen LogP contribution in [0.2, 0.25) is 0 Å². The van der Waals surface area contributed by atoms with Gasteiger partial charge in [-0.3, -0.25) is 14.5 Å². The molecular formula is C32H32F3N3O10S. The Morgan fingerprint density at radius 2 is 1.67 bits per heavy atom. The summed E-state index contributed by atoms with van der Waals surface area (Å²) in [6.45, 7) is 1.29. The largest absolute Gasteiger partial charge is 0.573 e. The number of amides is 2. The van der Waals surface area contributed by atoms with Crippen molar-refractivity contribution in [3.05, 3.63) is 76.9 Å². The number of carboxylic acid groups (broad SMARTS) is 1. The lowest BCUT2D eigenvalue weighted by Gasteiger charge is -2.42. The summed E-state index contributed by atoms with van der Waals surface area (Å²) < 4.78 is 84.9. The van der Waals surface area contributed by atoms with Gasteiger partial charge in [-0.15, -0.1) is 13.2 Å². The SMILES string of the molecule is COc1ccc(S(=O)(=O)N2C(=O)C(c3cc(C)ccc3OC)(N3C[C@H](O)C[C@H]3C(=O)N(C)C)c3cc(C(=O)O)ccc32)c(OC(F)(F)F)c1. The molecule has 2 amide bonds. The molecule has 2 heterocycles. The number of aliphatic hydroxyl groups is 1. The first kappa shape index (κ1) is 35.4. The van der Waals surface area contributed by atoms with Gasteiger partial charge in [-0.25, -0.2) is 17.5 Å². The predicted molar refractivity (Wildman–Crippen MR) is 166 cm³/mol. The summed E-state index contributed by atoms with van der Waals surface area (Å²) in [5, 5.41) is 21.0. The molecule has 0 aliphatic carbocycles. The number of carboxylic acids is 1. The number of benzene rings is 3. The number of aliphatic hydroxyl groups excluding tert-OH is 1. The first-order chi connectivity index (χ1) is 22.9. The number of ether oxygens (including phenoxy) is 3. The summed E-state index contributed by atoms with van der Waals surface area (Å²) in [7, 11) is -0.0264. The Morgan fingerprint density at radius 3 is 2.27 bits per heavy atom. The number of halogens is 3. The number of likely N-dealkylation sites (N-methyl/N-ethyl adjacent to an activating group) is 1. The molecule has 1 fully saturated rings. The normalized spacial score (nSPS) is 21.0. The first-order valence-electron chi connectivity index (χ1n) is 14.6. The van der Waals surface area contributed by atoms with Gasteiger partial charge in [-0.2, -0.15) is 0 Å². The average Bonchev–Trinajstić information content (AvgIpc) is 3.53. The fourth-order valence-corrected chi connectivity index (χ4v) is 7.95. The van der Waals surface area contributed by atoms with Crippen molar-refractivity contribution in [2.45, 2.75) is 42.3 Å². The van der Waals surface area contributed by atoms with E-state index in [9.17, 15) is 41.4 Å². The highest BCUT2D eigenvalue weighted by atomic mass is 32.2. The standard InChI is InChI=1S/C32H32F3N3O10S/c1-17-6-10-25(47-5)22(12-17)31(37-16-19(39)14-24(37)28(40)36(2)3)21-13-18(29(41)42)7-9-23(21)38(30(31)43)49(44,45)27-11-8-20(46-4)15-26(27)48-32(33,34)35/h6-13,15,19,24,39H,14,16H2,1-5H3,(H,41,42)/t19-,24+,31?/m1/s1. The molecule has 49 heavy (non-hydrogen) atoms. The van der Waals surface area contributed by atoms with Crippen molar-refractivity contribution < 1.29 is 60.4 Å². The fraction of sp³-hybridized carbons (Fsp3) is 0.344. The van der Waals surface area contributed by atoms with Gasteiger partial charge in [0.2, 0.25) is 5.91 Å². The van der Waals surface area contributed by atoms with Crippen molar-refractivity contribution in [3.63, 3.8) is 0 Å². The predicted octanol–water partition coefficient (Wildman–Crippen LogP) is 3.11. The molecule has 13 nitrogen and oxygen atoms in total. The molecule has 17 heteroatoms. The molecule has 3 aromatic rings. The van der Waals surface area contributed by atoms with Crippen LogP contribution in [0.1, 0.15) is 33.5 Å². The van der Waals surface area contributed by atoms with Crippen LogP contribution in [0.15, 0.2) is 59.5 Å². The molecule has 5 rings (SSSR count). The van der Waals surface area contributed by atoms with E-state index in [0.29, 0.717) is 11.6 Å². The second-order valence-corrected chi connectivity index (χ2v) is 13.4. The molecule has 2 aliphatic rings. The van der Waals surface area contributed by atoms with Gasteiger partial charge in [-0.1, -0.05) is 11.6 Å². The van der Waals surface area contributed by atoms with Gasteiger partial charge in [0.25, 0.3) is 15.9 Å². The molecule has 2 aliphatic heterocycles. The zero-order valence-corrected chi connectivity index (χ0v) is 27.6. The van der Waals surface area contributed by atoms with Crippen LogP contribution in [0.3, 0.4) is 0 Å². The summed E-state index contributed by atoms with van der Waals surface area (Å²) in [5.41, 5.74) is -2.86. The number of sulfonamides is 1.